The molecule has 0 saturated heterocycles. The molecular formula is C13H12FN3O2. The van der Waals surface area contributed by atoms with Gasteiger partial charge in [0.25, 0.3) is 11.5 Å². The molecule has 0 aliphatic rings. The Hall–Kier alpha value is -2.50. The van der Waals surface area contributed by atoms with Gasteiger partial charge in [-0.3, -0.25) is 14.2 Å². The van der Waals surface area contributed by atoms with Crippen LogP contribution in [0.4, 0.5) is 4.39 Å². The Labute approximate surface area is 108 Å². The highest BCUT2D eigenvalue weighted by Gasteiger charge is 2.13. The third-order valence-electron chi connectivity index (χ3n) is 2.78. The highest BCUT2D eigenvalue weighted by molar-refractivity contribution is 5.92. The van der Waals surface area contributed by atoms with Crippen molar-refractivity contribution in [2.45, 2.75) is 13.8 Å². The first-order valence-corrected chi connectivity index (χ1v) is 5.58. The fourth-order valence-electron chi connectivity index (χ4n) is 1.76. The van der Waals surface area contributed by atoms with Gasteiger partial charge in [0.2, 0.25) is 0 Å². The molecule has 0 aromatic carbocycles. The predicted molar refractivity (Wildman–Crippen MR) is 67.8 cm³/mol. The Morgan fingerprint density at radius 3 is 2.53 bits per heavy atom. The van der Waals surface area contributed by atoms with Crippen LogP contribution in [0.3, 0.4) is 0 Å². The van der Waals surface area contributed by atoms with Gasteiger partial charge in [0.15, 0.2) is 0 Å². The van der Waals surface area contributed by atoms with E-state index in [-0.39, 0.29) is 17.1 Å². The zero-order chi connectivity index (χ0) is 14.2. The lowest BCUT2D eigenvalue weighted by Crippen LogP contribution is -2.30. The van der Waals surface area contributed by atoms with E-state index in [1.165, 1.54) is 29.7 Å². The number of hydrogen-bond donors (Lipinski definition) is 1. The van der Waals surface area contributed by atoms with Gasteiger partial charge in [0.05, 0.1) is 5.69 Å². The van der Waals surface area contributed by atoms with Crippen molar-refractivity contribution in [3.8, 4) is 5.82 Å². The molecule has 0 aliphatic heterocycles. The van der Waals surface area contributed by atoms with Crippen LogP contribution in [0.1, 0.15) is 21.7 Å². The van der Waals surface area contributed by atoms with Crippen molar-refractivity contribution in [2.24, 2.45) is 5.73 Å². The number of primary amides is 1. The maximum atomic E-state index is 13.2. The Morgan fingerprint density at radius 1 is 1.26 bits per heavy atom. The highest BCUT2D eigenvalue weighted by atomic mass is 19.1. The minimum atomic E-state index is -0.808. The third kappa shape index (κ3) is 2.24. The normalized spacial score (nSPS) is 10.5. The van der Waals surface area contributed by atoms with Crippen molar-refractivity contribution in [3.05, 3.63) is 57.4 Å². The van der Waals surface area contributed by atoms with Gasteiger partial charge in [-0.1, -0.05) is 0 Å². The molecule has 2 aromatic rings. The van der Waals surface area contributed by atoms with Crippen molar-refractivity contribution < 1.29 is 9.18 Å². The summed E-state index contributed by atoms with van der Waals surface area (Å²) in [6.45, 7) is 3.18. The van der Waals surface area contributed by atoms with Crippen LogP contribution in [0.15, 0.2) is 29.1 Å². The summed E-state index contributed by atoms with van der Waals surface area (Å²) in [6, 6.07) is 5.55. The molecule has 2 N–H and O–H groups in total. The van der Waals surface area contributed by atoms with Crippen LogP contribution in [0.2, 0.25) is 0 Å². The number of halogens is 1. The summed E-state index contributed by atoms with van der Waals surface area (Å²) in [5.74, 6) is -1.01. The van der Waals surface area contributed by atoms with Gasteiger partial charge < -0.3 is 5.73 Å². The van der Waals surface area contributed by atoms with Crippen LogP contribution in [0.5, 0.6) is 0 Å². The van der Waals surface area contributed by atoms with E-state index in [1.54, 1.807) is 13.0 Å². The van der Waals surface area contributed by atoms with Gasteiger partial charge >= 0.3 is 0 Å². The number of hydrogen-bond acceptors (Lipinski definition) is 3. The summed E-state index contributed by atoms with van der Waals surface area (Å²) in [7, 11) is 0. The molecule has 5 nitrogen and oxygen atoms in total. The second-order valence-electron chi connectivity index (χ2n) is 4.13. The van der Waals surface area contributed by atoms with Gasteiger partial charge in [-0.2, -0.15) is 0 Å². The maximum absolute atomic E-state index is 13.2. The number of aryl methyl sites for hydroxylation is 2. The van der Waals surface area contributed by atoms with Crippen LogP contribution in [0.25, 0.3) is 5.82 Å². The molecule has 2 rings (SSSR count). The Morgan fingerprint density at radius 2 is 1.95 bits per heavy atom. The van der Waals surface area contributed by atoms with E-state index < -0.39 is 17.3 Å². The Balaban J connectivity index is 2.74. The first kappa shape index (κ1) is 12.9. The summed E-state index contributed by atoms with van der Waals surface area (Å²) < 4.78 is 14.4. The standard InChI is InChI=1S/C13H12FN3O2/c1-7-3-4-9(12(15)18)13(19)17(7)11-6-5-10(14)8(2)16-11/h3-6H,1-2H3,(H2,15,18). The summed E-state index contributed by atoms with van der Waals surface area (Å²) >= 11 is 0. The summed E-state index contributed by atoms with van der Waals surface area (Å²) in [5, 5.41) is 0. The predicted octanol–water partition coefficient (Wildman–Crippen LogP) is 1.09. The second kappa shape index (κ2) is 4.64. The van der Waals surface area contributed by atoms with Crippen LogP contribution in [-0.4, -0.2) is 15.5 Å². The van der Waals surface area contributed by atoms with Crippen molar-refractivity contribution >= 4 is 5.91 Å². The number of carbonyl (C=O) groups excluding carboxylic acids is 1. The molecule has 0 aliphatic carbocycles. The molecule has 19 heavy (non-hydrogen) atoms. The molecule has 0 bridgehead atoms. The number of pyridine rings is 2. The van der Waals surface area contributed by atoms with Crippen LogP contribution < -0.4 is 11.3 Å². The number of carbonyl (C=O) groups is 1. The highest BCUT2D eigenvalue weighted by Crippen LogP contribution is 2.10. The number of aromatic nitrogens is 2. The number of amides is 1. The molecule has 2 aromatic heterocycles. The first-order valence-electron chi connectivity index (χ1n) is 5.58. The van der Waals surface area contributed by atoms with Gasteiger partial charge in [0, 0.05) is 5.69 Å². The molecule has 2 heterocycles. The largest absolute Gasteiger partial charge is 0.365 e. The van der Waals surface area contributed by atoms with E-state index in [4.69, 9.17) is 5.73 Å². The average Bonchev–Trinajstić information content (AvgIpc) is 2.33. The fourth-order valence-corrected chi connectivity index (χ4v) is 1.76. The zero-order valence-electron chi connectivity index (χ0n) is 10.5. The molecule has 1 amide bonds. The number of nitrogens with zero attached hydrogens (tertiary/aromatic N) is 2. The maximum Gasteiger partial charge on any atom is 0.269 e. The lowest BCUT2D eigenvalue weighted by molar-refractivity contribution is 0.0998. The quantitative estimate of drug-likeness (QED) is 0.878. The van der Waals surface area contributed by atoms with Crippen LogP contribution in [-0.2, 0) is 0 Å². The van der Waals surface area contributed by atoms with E-state index in [0.29, 0.717) is 5.69 Å². The Kier molecular flexibility index (Phi) is 3.16. The number of nitrogens with two attached hydrogens (primary N) is 1. The minimum absolute atomic E-state index is 0.130. The van der Waals surface area contributed by atoms with Gasteiger partial charge in [-0.15, -0.1) is 0 Å². The number of rotatable bonds is 2. The molecule has 6 heteroatoms. The Bertz CT molecular complexity index is 722. The monoisotopic (exact) mass is 261 g/mol. The molecule has 0 atom stereocenters. The molecular weight excluding hydrogens is 249 g/mol. The molecule has 0 radical (unpaired) electrons. The van der Waals surface area contributed by atoms with Crippen molar-refractivity contribution in [1.82, 2.24) is 9.55 Å². The van der Waals surface area contributed by atoms with Gasteiger partial charge in [-0.25, -0.2) is 9.37 Å². The van der Waals surface area contributed by atoms with Crippen molar-refractivity contribution in [1.29, 1.82) is 0 Å². The molecule has 98 valence electrons. The van der Waals surface area contributed by atoms with Crippen molar-refractivity contribution in [2.75, 3.05) is 0 Å². The second-order valence-corrected chi connectivity index (χ2v) is 4.13. The first-order chi connectivity index (χ1) is 8.91. The topological polar surface area (TPSA) is 78.0 Å². The minimum Gasteiger partial charge on any atom is -0.365 e. The van der Waals surface area contributed by atoms with E-state index in [9.17, 15) is 14.0 Å². The average molecular weight is 261 g/mol. The lowest BCUT2D eigenvalue weighted by Gasteiger charge is -2.10. The van der Waals surface area contributed by atoms with E-state index >= 15 is 0 Å². The van der Waals surface area contributed by atoms with Gasteiger partial charge in [0.1, 0.15) is 17.2 Å². The summed E-state index contributed by atoms with van der Waals surface area (Å²) in [5.41, 5.74) is 5.19. The van der Waals surface area contributed by atoms with Crippen LogP contribution in [0, 0.1) is 19.7 Å². The zero-order valence-corrected chi connectivity index (χ0v) is 10.5. The SMILES string of the molecule is Cc1nc(-n2c(C)ccc(C(N)=O)c2=O)ccc1F. The molecule has 0 spiro atoms. The smallest absolute Gasteiger partial charge is 0.269 e. The van der Waals surface area contributed by atoms with E-state index in [0.717, 1.165) is 0 Å². The van der Waals surface area contributed by atoms with Crippen LogP contribution >= 0.6 is 0 Å². The molecule has 0 saturated carbocycles. The van der Waals surface area contributed by atoms with E-state index in [1.807, 2.05) is 0 Å². The third-order valence-corrected chi connectivity index (χ3v) is 2.78. The van der Waals surface area contributed by atoms with E-state index in [2.05, 4.69) is 4.98 Å². The molecule has 0 unspecified atom stereocenters. The molecule has 0 fully saturated rings. The summed E-state index contributed by atoms with van der Waals surface area (Å²) in [6.07, 6.45) is 0. The summed E-state index contributed by atoms with van der Waals surface area (Å²) in [4.78, 5) is 27.3. The van der Waals surface area contributed by atoms with Gasteiger partial charge in [-0.05, 0) is 38.1 Å². The van der Waals surface area contributed by atoms with Crippen molar-refractivity contribution in [3.63, 3.8) is 0 Å². The lowest BCUT2D eigenvalue weighted by atomic mass is 10.2. The fraction of sp³-hybridized carbons (Fsp3) is 0.154.